The van der Waals surface area contributed by atoms with Gasteiger partial charge in [-0.3, -0.25) is 0 Å². The van der Waals surface area contributed by atoms with E-state index in [-0.39, 0.29) is 0 Å². The maximum atomic E-state index is 5.00. The standard InChI is InChI=1S/C47H29N3/c1-2-10-34(11-3-1)45-48-46(50-47(49-45)39-21-16-30-8-4-5-12-36(30)29-39)35-19-14-31(15-20-35)37-23-25-40-38(28-37)24-27-43-42(40)26-22-33-18-17-32-9-6-7-13-41(32)44(33)43/h1-29H. The van der Waals surface area contributed by atoms with E-state index in [0.29, 0.717) is 17.5 Å². The van der Waals surface area contributed by atoms with Crippen molar-refractivity contribution in [3.05, 3.63) is 176 Å². The van der Waals surface area contributed by atoms with Gasteiger partial charge in [0.1, 0.15) is 0 Å². The average molecular weight is 636 g/mol. The Morgan fingerprint density at radius 3 is 1.56 bits per heavy atom. The summed E-state index contributed by atoms with van der Waals surface area (Å²) in [5, 5.41) is 12.6. The molecule has 1 heterocycles. The Balaban J connectivity index is 1.04. The molecular formula is C47H29N3. The molecular weight excluding hydrogens is 607 g/mol. The number of rotatable bonds is 4. The Bertz CT molecular complexity index is 2910. The Morgan fingerprint density at radius 2 is 0.740 bits per heavy atom. The highest BCUT2D eigenvalue weighted by atomic mass is 15.0. The van der Waals surface area contributed by atoms with E-state index in [0.717, 1.165) is 27.6 Å². The van der Waals surface area contributed by atoms with Crippen LogP contribution in [-0.2, 0) is 0 Å². The van der Waals surface area contributed by atoms with Gasteiger partial charge in [-0.05, 0) is 77.1 Å². The number of aromatic nitrogens is 3. The first-order valence-corrected chi connectivity index (χ1v) is 16.9. The third-order valence-corrected chi connectivity index (χ3v) is 9.87. The Hall–Kier alpha value is -6.71. The zero-order valence-corrected chi connectivity index (χ0v) is 27.1. The van der Waals surface area contributed by atoms with Crippen molar-refractivity contribution in [3.63, 3.8) is 0 Å². The van der Waals surface area contributed by atoms with Crippen molar-refractivity contribution in [2.24, 2.45) is 0 Å². The predicted molar refractivity (Wildman–Crippen MR) is 209 cm³/mol. The van der Waals surface area contributed by atoms with Crippen LogP contribution in [0.3, 0.4) is 0 Å². The second-order valence-electron chi connectivity index (χ2n) is 12.9. The van der Waals surface area contributed by atoms with Gasteiger partial charge in [0.15, 0.2) is 17.5 Å². The third kappa shape index (κ3) is 4.79. The highest BCUT2D eigenvalue weighted by Gasteiger charge is 2.14. The van der Waals surface area contributed by atoms with Crippen LogP contribution in [0.2, 0.25) is 0 Å². The van der Waals surface area contributed by atoms with Gasteiger partial charge < -0.3 is 0 Å². The Kier molecular flexibility index (Phi) is 6.49. The van der Waals surface area contributed by atoms with Crippen molar-refractivity contribution in [1.82, 2.24) is 15.0 Å². The maximum Gasteiger partial charge on any atom is 0.164 e. The van der Waals surface area contributed by atoms with Gasteiger partial charge in [0.2, 0.25) is 0 Å². The molecule has 0 spiro atoms. The molecule has 0 N–H and O–H groups in total. The van der Waals surface area contributed by atoms with Gasteiger partial charge in [0, 0.05) is 16.7 Å². The van der Waals surface area contributed by atoms with Gasteiger partial charge in [0.05, 0.1) is 0 Å². The van der Waals surface area contributed by atoms with Crippen LogP contribution in [0.4, 0.5) is 0 Å². The highest BCUT2D eigenvalue weighted by molar-refractivity contribution is 6.24. The van der Waals surface area contributed by atoms with Crippen molar-refractivity contribution in [2.75, 3.05) is 0 Å². The minimum absolute atomic E-state index is 0.651. The van der Waals surface area contributed by atoms with Gasteiger partial charge in [-0.2, -0.15) is 0 Å². The molecule has 3 heteroatoms. The van der Waals surface area contributed by atoms with Crippen molar-refractivity contribution < 1.29 is 0 Å². The SMILES string of the molecule is c1ccc(-c2nc(-c3ccc(-c4ccc5c(ccc6c5ccc5ccc7ccccc7c56)c4)cc3)nc(-c3ccc4ccccc4c3)n2)cc1. The lowest BCUT2D eigenvalue weighted by Crippen LogP contribution is -2.00. The smallest absolute Gasteiger partial charge is 0.164 e. The van der Waals surface area contributed by atoms with E-state index in [2.05, 4.69) is 146 Å². The molecule has 0 bridgehead atoms. The fraction of sp³-hybridized carbons (Fsp3) is 0. The second kappa shape index (κ2) is 11.5. The summed E-state index contributed by atoms with van der Waals surface area (Å²) in [6, 6.07) is 62.4. The molecule has 50 heavy (non-hydrogen) atoms. The quantitative estimate of drug-likeness (QED) is 0.181. The number of fused-ring (bicyclic) bond motifs is 8. The average Bonchev–Trinajstić information content (AvgIpc) is 3.20. The van der Waals surface area contributed by atoms with E-state index in [1.54, 1.807) is 0 Å². The summed E-state index contributed by atoms with van der Waals surface area (Å²) in [6.07, 6.45) is 0. The summed E-state index contributed by atoms with van der Waals surface area (Å²) >= 11 is 0. The van der Waals surface area contributed by atoms with Crippen LogP contribution in [0.25, 0.3) is 99.2 Å². The van der Waals surface area contributed by atoms with Crippen LogP contribution in [-0.4, -0.2) is 15.0 Å². The van der Waals surface area contributed by atoms with Gasteiger partial charge in [-0.25, -0.2) is 15.0 Å². The summed E-state index contributed by atoms with van der Waals surface area (Å²) < 4.78 is 0. The zero-order valence-electron chi connectivity index (χ0n) is 27.1. The zero-order chi connectivity index (χ0) is 33.0. The molecule has 1 aromatic heterocycles. The summed E-state index contributed by atoms with van der Waals surface area (Å²) in [7, 11) is 0. The Labute approximate surface area is 289 Å². The van der Waals surface area contributed by atoms with Crippen molar-refractivity contribution in [3.8, 4) is 45.3 Å². The molecule has 0 amide bonds. The molecule has 0 aliphatic heterocycles. The second-order valence-corrected chi connectivity index (χ2v) is 12.9. The van der Waals surface area contributed by atoms with E-state index in [4.69, 9.17) is 15.0 Å². The molecule has 3 nitrogen and oxygen atoms in total. The van der Waals surface area contributed by atoms with Crippen LogP contribution < -0.4 is 0 Å². The predicted octanol–water partition coefficient (Wildman–Crippen LogP) is 12.3. The fourth-order valence-electron chi connectivity index (χ4n) is 7.32. The van der Waals surface area contributed by atoms with Crippen LogP contribution in [0.1, 0.15) is 0 Å². The molecule has 10 rings (SSSR count). The molecule has 0 aliphatic rings. The summed E-state index contributed by atoms with van der Waals surface area (Å²) in [5.74, 6) is 1.97. The first kappa shape index (κ1) is 28.3. The topological polar surface area (TPSA) is 38.7 Å². The number of hydrogen-bond donors (Lipinski definition) is 0. The molecule has 0 radical (unpaired) electrons. The largest absolute Gasteiger partial charge is 0.208 e. The van der Waals surface area contributed by atoms with Gasteiger partial charge in [-0.15, -0.1) is 0 Å². The molecule has 0 saturated heterocycles. The number of nitrogens with zero attached hydrogens (tertiary/aromatic N) is 3. The Morgan fingerprint density at radius 1 is 0.240 bits per heavy atom. The first-order chi connectivity index (χ1) is 24.7. The van der Waals surface area contributed by atoms with E-state index < -0.39 is 0 Å². The number of benzene rings is 9. The van der Waals surface area contributed by atoms with Gasteiger partial charge >= 0.3 is 0 Å². The van der Waals surface area contributed by atoms with Crippen LogP contribution in [0.15, 0.2) is 176 Å². The number of hydrogen-bond acceptors (Lipinski definition) is 3. The van der Waals surface area contributed by atoms with Crippen LogP contribution in [0, 0.1) is 0 Å². The highest BCUT2D eigenvalue weighted by Crippen LogP contribution is 2.37. The first-order valence-electron chi connectivity index (χ1n) is 16.9. The van der Waals surface area contributed by atoms with E-state index >= 15 is 0 Å². The fourth-order valence-corrected chi connectivity index (χ4v) is 7.32. The lowest BCUT2D eigenvalue weighted by Gasteiger charge is -2.12. The van der Waals surface area contributed by atoms with E-state index in [1.807, 2.05) is 30.3 Å². The van der Waals surface area contributed by atoms with Crippen molar-refractivity contribution in [2.45, 2.75) is 0 Å². The van der Waals surface area contributed by atoms with Crippen molar-refractivity contribution in [1.29, 1.82) is 0 Å². The molecule has 232 valence electrons. The molecule has 0 unspecified atom stereocenters. The summed E-state index contributed by atoms with van der Waals surface area (Å²) in [5.41, 5.74) is 5.19. The van der Waals surface area contributed by atoms with Gasteiger partial charge in [-0.1, -0.05) is 164 Å². The van der Waals surface area contributed by atoms with Crippen molar-refractivity contribution >= 4 is 53.9 Å². The van der Waals surface area contributed by atoms with Crippen LogP contribution in [0.5, 0.6) is 0 Å². The third-order valence-electron chi connectivity index (χ3n) is 9.87. The monoisotopic (exact) mass is 635 g/mol. The minimum atomic E-state index is 0.651. The molecule has 0 fully saturated rings. The molecule has 0 aliphatic carbocycles. The van der Waals surface area contributed by atoms with E-state index in [9.17, 15) is 0 Å². The van der Waals surface area contributed by atoms with Gasteiger partial charge in [0.25, 0.3) is 0 Å². The summed E-state index contributed by atoms with van der Waals surface area (Å²) in [6.45, 7) is 0. The lowest BCUT2D eigenvalue weighted by molar-refractivity contribution is 1.07. The van der Waals surface area contributed by atoms with E-state index in [1.165, 1.54) is 54.0 Å². The summed E-state index contributed by atoms with van der Waals surface area (Å²) in [4.78, 5) is 14.9. The normalized spacial score (nSPS) is 11.6. The van der Waals surface area contributed by atoms with Crippen LogP contribution >= 0.6 is 0 Å². The molecule has 0 atom stereocenters. The molecule has 9 aromatic carbocycles. The molecule has 0 saturated carbocycles. The maximum absolute atomic E-state index is 5.00. The molecule has 10 aromatic rings. The lowest BCUT2D eigenvalue weighted by atomic mass is 9.92. The minimum Gasteiger partial charge on any atom is -0.208 e.